The molecule has 0 spiro atoms. The molecular weight excluding hydrogens is 314 g/mol. The Labute approximate surface area is 148 Å². The molecule has 2 aromatic rings. The number of benzene rings is 2. The van der Waals surface area contributed by atoms with Gasteiger partial charge in [0.25, 0.3) is 0 Å². The van der Waals surface area contributed by atoms with E-state index in [1.807, 2.05) is 81.4 Å². The van der Waals surface area contributed by atoms with E-state index in [4.69, 9.17) is 0 Å². The van der Waals surface area contributed by atoms with E-state index in [1.165, 1.54) is 0 Å². The zero-order valence-electron chi connectivity index (χ0n) is 14.9. The standard InChI is InChI=1S/C20H25N3O2/c1-20(2,3)23-19(25)22-17(24)14-21-18(15-10-6-4-7-11-15)16-12-8-5-9-13-16/h4-13,18,21H,14H2,1-3H3,(H2,22,23,24,25). The summed E-state index contributed by atoms with van der Waals surface area (Å²) in [5, 5.41) is 8.27. The maximum atomic E-state index is 12.1. The molecular formula is C20H25N3O2. The third-order valence-electron chi connectivity index (χ3n) is 3.47. The molecule has 25 heavy (non-hydrogen) atoms. The fraction of sp³-hybridized carbons (Fsp3) is 0.300. The molecule has 2 rings (SSSR count). The highest BCUT2D eigenvalue weighted by atomic mass is 16.2. The summed E-state index contributed by atoms with van der Waals surface area (Å²) in [5.74, 6) is -0.376. The topological polar surface area (TPSA) is 70.2 Å². The van der Waals surface area contributed by atoms with Crippen LogP contribution >= 0.6 is 0 Å². The molecule has 5 heteroatoms. The van der Waals surface area contributed by atoms with Gasteiger partial charge in [0.2, 0.25) is 5.91 Å². The molecule has 0 saturated carbocycles. The van der Waals surface area contributed by atoms with E-state index in [0.717, 1.165) is 11.1 Å². The number of imide groups is 1. The maximum absolute atomic E-state index is 12.1. The Hall–Kier alpha value is -2.66. The lowest BCUT2D eigenvalue weighted by atomic mass is 9.99. The van der Waals surface area contributed by atoms with Crippen LogP contribution in [-0.2, 0) is 4.79 Å². The summed E-state index contributed by atoms with van der Waals surface area (Å²) < 4.78 is 0. The molecule has 0 unspecified atom stereocenters. The lowest BCUT2D eigenvalue weighted by Crippen LogP contribution is -2.50. The van der Waals surface area contributed by atoms with E-state index in [0.29, 0.717) is 0 Å². The van der Waals surface area contributed by atoms with E-state index in [1.54, 1.807) is 0 Å². The first-order chi connectivity index (χ1) is 11.8. The Morgan fingerprint density at radius 3 is 1.80 bits per heavy atom. The molecule has 3 N–H and O–H groups in total. The lowest BCUT2D eigenvalue weighted by molar-refractivity contribution is -0.119. The van der Waals surface area contributed by atoms with Crippen molar-refractivity contribution >= 4 is 11.9 Å². The van der Waals surface area contributed by atoms with Crippen LogP contribution < -0.4 is 16.0 Å². The Morgan fingerprint density at radius 2 is 1.36 bits per heavy atom. The highest BCUT2D eigenvalue weighted by Gasteiger charge is 2.18. The number of hydrogen-bond donors (Lipinski definition) is 3. The minimum absolute atomic E-state index is 0.0337. The molecule has 0 heterocycles. The predicted octanol–water partition coefficient (Wildman–Crippen LogP) is 2.99. The van der Waals surface area contributed by atoms with Crippen LogP contribution in [0.3, 0.4) is 0 Å². The Morgan fingerprint density at radius 1 is 0.880 bits per heavy atom. The normalized spacial score (nSPS) is 11.2. The molecule has 5 nitrogen and oxygen atoms in total. The van der Waals surface area contributed by atoms with Gasteiger partial charge in [-0.15, -0.1) is 0 Å². The van der Waals surface area contributed by atoms with Crippen molar-refractivity contribution in [3.05, 3.63) is 71.8 Å². The van der Waals surface area contributed by atoms with Crippen LogP contribution in [0.25, 0.3) is 0 Å². The number of nitrogens with one attached hydrogen (secondary N) is 3. The Kier molecular flexibility index (Phi) is 6.31. The zero-order valence-corrected chi connectivity index (χ0v) is 14.9. The minimum atomic E-state index is -0.490. The van der Waals surface area contributed by atoms with Crippen molar-refractivity contribution in [3.63, 3.8) is 0 Å². The number of rotatable bonds is 5. The second-order valence-electron chi connectivity index (χ2n) is 6.89. The number of carbonyl (C=O) groups is 2. The van der Waals surface area contributed by atoms with Crippen molar-refractivity contribution in [1.29, 1.82) is 0 Å². The molecule has 0 atom stereocenters. The Balaban J connectivity index is 2.01. The molecule has 132 valence electrons. The van der Waals surface area contributed by atoms with Gasteiger partial charge in [0, 0.05) is 5.54 Å². The molecule has 0 aliphatic heterocycles. The highest BCUT2D eigenvalue weighted by molar-refractivity contribution is 5.95. The zero-order chi connectivity index (χ0) is 18.3. The van der Waals surface area contributed by atoms with E-state index in [2.05, 4.69) is 16.0 Å². The molecule has 0 fully saturated rings. The first-order valence-electron chi connectivity index (χ1n) is 8.30. The van der Waals surface area contributed by atoms with Gasteiger partial charge in [-0.2, -0.15) is 0 Å². The highest BCUT2D eigenvalue weighted by Crippen LogP contribution is 2.21. The summed E-state index contributed by atoms with van der Waals surface area (Å²) in [6.45, 7) is 5.61. The van der Waals surface area contributed by atoms with E-state index in [-0.39, 0.29) is 18.5 Å². The fourth-order valence-corrected chi connectivity index (χ4v) is 2.46. The summed E-state index contributed by atoms with van der Waals surface area (Å²) in [6.07, 6.45) is 0. The van der Waals surface area contributed by atoms with Gasteiger partial charge >= 0.3 is 6.03 Å². The van der Waals surface area contributed by atoms with Crippen molar-refractivity contribution in [2.24, 2.45) is 0 Å². The van der Waals surface area contributed by atoms with Gasteiger partial charge < -0.3 is 5.32 Å². The molecule has 3 amide bonds. The molecule has 0 aromatic heterocycles. The van der Waals surface area contributed by atoms with Gasteiger partial charge in [-0.25, -0.2) is 4.79 Å². The number of urea groups is 1. The van der Waals surface area contributed by atoms with Gasteiger partial charge in [-0.3, -0.25) is 15.4 Å². The van der Waals surface area contributed by atoms with Crippen molar-refractivity contribution in [3.8, 4) is 0 Å². The van der Waals surface area contributed by atoms with Crippen LogP contribution in [0.5, 0.6) is 0 Å². The van der Waals surface area contributed by atoms with E-state index >= 15 is 0 Å². The average molecular weight is 339 g/mol. The Bertz CT molecular complexity index is 654. The molecule has 0 bridgehead atoms. The second kappa shape index (κ2) is 8.44. The van der Waals surface area contributed by atoms with E-state index in [9.17, 15) is 9.59 Å². The van der Waals surface area contributed by atoms with Crippen LogP contribution in [0.1, 0.15) is 37.9 Å². The predicted molar refractivity (Wildman–Crippen MR) is 99.2 cm³/mol. The number of hydrogen-bond acceptors (Lipinski definition) is 3. The lowest BCUT2D eigenvalue weighted by Gasteiger charge is -2.21. The van der Waals surface area contributed by atoms with E-state index < -0.39 is 11.6 Å². The van der Waals surface area contributed by atoms with Crippen LogP contribution in [0, 0.1) is 0 Å². The van der Waals surface area contributed by atoms with Crippen molar-refractivity contribution in [2.75, 3.05) is 6.54 Å². The van der Waals surface area contributed by atoms with Gasteiger partial charge in [0.15, 0.2) is 0 Å². The number of amides is 3. The fourth-order valence-electron chi connectivity index (χ4n) is 2.46. The van der Waals surface area contributed by atoms with Crippen molar-refractivity contribution in [2.45, 2.75) is 32.4 Å². The van der Waals surface area contributed by atoms with Crippen LogP contribution in [0.2, 0.25) is 0 Å². The molecule has 0 aliphatic carbocycles. The maximum Gasteiger partial charge on any atom is 0.321 e. The SMILES string of the molecule is CC(C)(C)NC(=O)NC(=O)CNC(c1ccccc1)c1ccccc1. The van der Waals surface area contributed by atoms with Crippen LogP contribution in [0.15, 0.2) is 60.7 Å². The molecule has 0 radical (unpaired) electrons. The van der Waals surface area contributed by atoms with Crippen LogP contribution in [-0.4, -0.2) is 24.0 Å². The summed E-state index contributed by atoms with van der Waals surface area (Å²) in [4.78, 5) is 23.9. The third kappa shape index (κ3) is 6.39. The largest absolute Gasteiger partial charge is 0.333 e. The van der Waals surface area contributed by atoms with Gasteiger partial charge in [-0.05, 0) is 31.9 Å². The second-order valence-corrected chi connectivity index (χ2v) is 6.89. The average Bonchev–Trinajstić information content (AvgIpc) is 2.55. The molecule has 0 aliphatic rings. The van der Waals surface area contributed by atoms with Gasteiger partial charge in [-0.1, -0.05) is 60.7 Å². The summed E-state index contributed by atoms with van der Waals surface area (Å²) in [5.41, 5.74) is 1.72. The summed E-state index contributed by atoms with van der Waals surface area (Å²) in [7, 11) is 0. The third-order valence-corrected chi connectivity index (χ3v) is 3.47. The summed E-state index contributed by atoms with van der Waals surface area (Å²) >= 11 is 0. The molecule has 2 aromatic carbocycles. The van der Waals surface area contributed by atoms with Gasteiger partial charge in [0.1, 0.15) is 0 Å². The first-order valence-corrected chi connectivity index (χ1v) is 8.30. The molecule has 0 saturated heterocycles. The smallest absolute Gasteiger partial charge is 0.321 e. The van der Waals surface area contributed by atoms with Crippen molar-refractivity contribution < 1.29 is 9.59 Å². The first kappa shape index (κ1) is 18.7. The quantitative estimate of drug-likeness (QED) is 0.784. The summed E-state index contributed by atoms with van der Waals surface area (Å²) in [6, 6.07) is 19.2. The van der Waals surface area contributed by atoms with Gasteiger partial charge in [0.05, 0.1) is 12.6 Å². The monoisotopic (exact) mass is 339 g/mol. The minimum Gasteiger partial charge on any atom is -0.333 e. The van der Waals surface area contributed by atoms with Crippen LogP contribution in [0.4, 0.5) is 4.79 Å². The van der Waals surface area contributed by atoms with Crippen molar-refractivity contribution in [1.82, 2.24) is 16.0 Å². The number of carbonyl (C=O) groups excluding carboxylic acids is 2.